The lowest BCUT2D eigenvalue weighted by atomic mass is 9.95. The third-order valence-electron chi connectivity index (χ3n) is 6.61. The molecule has 9 heteroatoms. The van der Waals surface area contributed by atoms with Gasteiger partial charge in [-0.25, -0.2) is 8.42 Å². The zero-order valence-electron chi connectivity index (χ0n) is 18.4. The van der Waals surface area contributed by atoms with E-state index < -0.39 is 26.7 Å². The molecule has 0 N–H and O–H groups in total. The molecule has 2 saturated heterocycles. The molecule has 2 aliphatic heterocycles. The summed E-state index contributed by atoms with van der Waals surface area (Å²) in [5, 5.41) is 0. The number of hydrogen-bond acceptors (Lipinski definition) is 3. The van der Waals surface area contributed by atoms with Crippen molar-refractivity contribution in [3.63, 3.8) is 0 Å². The Kier molecular flexibility index (Phi) is 6.55. The lowest BCUT2D eigenvalue weighted by molar-refractivity contribution is -0.140. The van der Waals surface area contributed by atoms with Crippen molar-refractivity contribution in [3.05, 3.63) is 65.2 Å². The monoisotopic (exact) mass is 480 g/mol. The number of aryl methyl sites for hydroxylation is 1. The normalized spacial score (nSPS) is 20.8. The first-order valence-electron chi connectivity index (χ1n) is 11.1. The fourth-order valence-corrected chi connectivity index (χ4v) is 6.49. The first-order chi connectivity index (χ1) is 15.6. The summed E-state index contributed by atoms with van der Waals surface area (Å²) in [7, 11) is -4.31. The highest BCUT2D eigenvalue weighted by Crippen LogP contribution is 2.37. The summed E-state index contributed by atoms with van der Waals surface area (Å²) < 4.78 is 67.1. The quantitative estimate of drug-likeness (QED) is 0.633. The van der Waals surface area contributed by atoms with Crippen LogP contribution < -0.4 is 0 Å². The van der Waals surface area contributed by atoms with Crippen LogP contribution in [-0.4, -0.2) is 43.2 Å². The van der Waals surface area contributed by atoms with E-state index in [0.717, 1.165) is 40.4 Å². The average molecular weight is 481 g/mol. The Morgan fingerprint density at radius 1 is 0.939 bits per heavy atom. The van der Waals surface area contributed by atoms with Crippen molar-refractivity contribution in [2.45, 2.75) is 49.7 Å². The minimum Gasteiger partial charge on any atom is -0.335 e. The maximum absolute atomic E-state index is 13.4. The van der Waals surface area contributed by atoms with Crippen molar-refractivity contribution in [1.82, 2.24) is 9.21 Å². The molecule has 4 rings (SSSR count). The Bertz CT molecular complexity index is 1110. The summed E-state index contributed by atoms with van der Waals surface area (Å²) in [6.45, 7) is 2.72. The van der Waals surface area contributed by atoms with Gasteiger partial charge in [-0.15, -0.1) is 0 Å². The van der Waals surface area contributed by atoms with Crippen LogP contribution in [0.5, 0.6) is 0 Å². The number of nitrogens with zero attached hydrogens (tertiary/aromatic N) is 2. The summed E-state index contributed by atoms with van der Waals surface area (Å²) >= 11 is 0. The van der Waals surface area contributed by atoms with Crippen molar-refractivity contribution in [1.29, 1.82) is 0 Å². The largest absolute Gasteiger partial charge is 0.417 e. The van der Waals surface area contributed by atoms with Crippen LogP contribution in [0, 0.1) is 12.8 Å². The number of likely N-dealkylation sites (tertiary alicyclic amines) is 1. The molecule has 2 aromatic rings. The van der Waals surface area contributed by atoms with Crippen LogP contribution in [0.4, 0.5) is 13.2 Å². The number of carbonyl (C=O) groups is 1. The maximum Gasteiger partial charge on any atom is 0.417 e. The minimum absolute atomic E-state index is 0.00538. The number of halogens is 3. The molecule has 1 amide bonds. The number of rotatable bonds is 4. The second kappa shape index (κ2) is 9.10. The topological polar surface area (TPSA) is 57.7 Å². The summed E-state index contributed by atoms with van der Waals surface area (Å²) in [5.74, 6) is -0.328. The zero-order chi connectivity index (χ0) is 23.8. The lowest BCUT2D eigenvalue weighted by Gasteiger charge is -2.34. The number of alkyl halides is 3. The van der Waals surface area contributed by atoms with E-state index in [1.165, 1.54) is 12.1 Å². The number of carbonyl (C=O) groups excluding carboxylic acids is 1. The maximum atomic E-state index is 13.4. The molecule has 2 fully saturated rings. The lowest BCUT2D eigenvalue weighted by Crippen LogP contribution is -2.44. The SMILES string of the molecule is Cc1ccc(C2CCCN2C(=O)C2CCN(S(=O)(=O)c3ccccc3C(F)(F)F)CC2)cc1. The molecular formula is C24H27F3N2O3S. The van der Waals surface area contributed by atoms with Crippen LogP contribution in [-0.2, 0) is 21.0 Å². The molecule has 0 aromatic heterocycles. The first-order valence-corrected chi connectivity index (χ1v) is 12.6. The third kappa shape index (κ3) is 4.80. The van der Waals surface area contributed by atoms with E-state index in [4.69, 9.17) is 0 Å². The Balaban J connectivity index is 1.46. The molecule has 1 unspecified atom stereocenters. The minimum atomic E-state index is -4.77. The highest BCUT2D eigenvalue weighted by molar-refractivity contribution is 7.89. The van der Waals surface area contributed by atoms with Gasteiger partial charge in [0.1, 0.15) is 0 Å². The van der Waals surface area contributed by atoms with Crippen molar-refractivity contribution >= 4 is 15.9 Å². The van der Waals surface area contributed by atoms with Crippen LogP contribution >= 0.6 is 0 Å². The van der Waals surface area contributed by atoms with Crippen LogP contribution in [0.25, 0.3) is 0 Å². The second-order valence-corrected chi connectivity index (χ2v) is 10.7. The van der Waals surface area contributed by atoms with Crippen molar-refractivity contribution in [2.24, 2.45) is 5.92 Å². The fourth-order valence-electron chi connectivity index (χ4n) is 4.81. The molecule has 5 nitrogen and oxygen atoms in total. The number of benzene rings is 2. The van der Waals surface area contributed by atoms with Crippen LogP contribution in [0.3, 0.4) is 0 Å². The van der Waals surface area contributed by atoms with Gasteiger partial charge in [-0.1, -0.05) is 42.0 Å². The van der Waals surface area contributed by atoms with E-state index in [1.54, 1.807) is 0 Å². The van der Waals surface area contributed by atoms with Gasteiger partial charge in [-0.2, -0.15) is 17.5 Å². The Morgan fingerprint density at radius 2 is 1.58 bits per heavy atom. The van der Waals surface area contributed by atoms with Gasteiger partial charge in [0.2, 0.25) is 15.9 Å². The van der Waals surface area contributed by atoms with E-state index in [0.29, 0.717) is 19.4 Å². The van der Waals surface area contributed by atoms with Crippen LogP contribution in [0.1, 0.15) is 48.4 Å². The predicted molar refractivity (Wildman–Crippen MR) is 118 cm³/mol. The van der Waals surface area contributed by atoms with Crippen molar-refractivity contribution in [3.8, 4) is 0 Å². The molecule has 0 radical (unpaired) electrons. The molecular weight excluding hydrogens is 453 g/mol. The Morgan fingerprint density at radius 3 is 2.21 bits per heavy atom. The molecule has 0 saturated carbocycles. The molecule has 0 aliphatic carbocycles. The molecule has 2 heterocycles. The van der Waals surface area contributed by atoms with Gasteiger partial charge in [0.25, 0.3) is 0 Å². The smallest absolute Gasteiger partial charge is 0.335 e. The number of hydrogen-bond donors (Lipinski definition) is 0. The first kappa shape index (κ1) is 23.8. The number of sulfonamides is 1. The van der Waals surface area contributed by atoms with E-state index in [9.17, 15) is 26.4 Å². The highest BCUT2D eigenvalue weighted by atomic mass is 32.2. The van der Waals surface area contributed by atoms with Crippen molar-refractivity contribution in [2.75, 3.05) is 19.6 Å². The summed E-state index contributed by atoms with van der Waals surface area (Å²) in [6, 6.07) is 12.4. The van der Waals surface area contributed by atoms with E-state index in [1.807, 2.05) is 36.1 Å². The molecule has 178 valence electrons. The molecule has 33 heavy (non-hydrogen) atoms. The van der Waals surface area contributed by atoms with Crippen molar-refractivity contribution < 1.29 is 26.4 Å². The zero-order valence-corrected chi connectivity index (χ0v) is 19.2. The van der Waals surface area contributed by atoms with Crippen LogP contribution in [0.2, 0.25) is 0 Å². The van der Waals surface area contributed by atoms with E-state index >= 15 is 0 Å². The van der Waals surface area contributed by atoms with Gasteiger partial charge in [0.05, 0.1) is 16.5 Å². The van der Waals surface area contributed by atoms with Gasteiger partial charge >= 0.3 is 6.18 Å². The fraction of sp³-hybridized carbons (Fsp3) is 0.458. The Hall–Kier alpha value is -2.39. The summed E-state index contributed by atoms with van der Waals surface area (Å²) in [6.07, 6.45) is -2.38. The van der Waals surface area contributed by atoms with Gasteiger partial charge in [-0.3, -0.25) is 4.79 Å². The molecule has 0 spiro atoms. The number of amides is 1. The second-order valence-electron chi connectivity index (χ2n) is 8.77. The van der Waals surface area contributed by atoms with E-state index in [-0.39, 0.29) is 31.0 Å². The van der Waals surface area contributed by atoms with Gasteiger partial charge in [0.15, 0.2) is 0 Å². The molecule has 1 atom stereocenters. The standard InChI is InChI=1S/C24H27F3N2O3S/c1-17-8-10-18(11-9-17)21-6-4-14-29(21)23(30)19-12-15-28(16-13-19)33(31,32)22-7-3-2-5-20(22)24(25,26)27/h2-3,5,7-11,19,21H,4,6,12-16H2,1H3. The van der Waals surface area contributed by atoms with Gasteiger partial charge < -0.3 is 4.90 Å². The third-order valence-corrected chi connectivity index (χ3v) is 8.57. The molecule has 2 aliphatic rings. The Labute approximate surface area is 192 Å². The van der Waals surface area contributed by atoms with Crippen LogP contribution in [0.15, 0.2) is 53.4 Å². The van der Waals surface area contributed by atoms with E-state index in [2.05, 4.69) is 0 Å². The number of piperidine rings is 1. The summed E-state index contributed by atoms with van der Waals surface area (Å²) in [5.41, 5.74) is 1.08. The van der Waals surface area contributed by atoms with Gasteiger partial charge in [-0.05, 0) is 50.3 Å². The molecule has 2 aromatic carbocycles. The summed E-state index contributed by atoms with van der Waals surface area (Å²) in [4.78, 5) is 14.4. The molecule has 0 bridgehead atoms. The highest BCUT2D eigenvalue weighted by Gasteiger charge is 2.41. The van der Waals surface area contributed by atoms with Gasteiger partial charge in [0, 0.05) is 25.6 Å². The predicted octanol–water partition coefficient (Wildman–Crippen LogP) is 4.78. The average Bonchev–Trinajstić information content (AvgIpc) is 3.28.